The van der Waals surface area contributed by atoms with Crippen LogP contribution in [0.3, 0.4) is 0 Å². The molecule has 4 rings (SSSR count). The number of rotatable bonds is 8. The van der Waals surface area contributed by atoms with E-state index in [9.17, 15) is 28.2 Å². The van der Waals surface area contributed by atoms with Crippen molar-refractivity contribution in [1.82, 2.24) is 10.3 Å². The number of benzene rings is 2. The molecule has 1 heterocycles. The van der Waals surface area contributed by atoms with Crippen molar-refractivity contribution < 1.29 is 37.7 Å². The van der Waals surface area contributed by atoms with Gasteiger partial charge in [-0.15, -0.1) is 0 Å². The van der Waals surface area contributed by atoms with Crippen LogP contribution in [-0.2, 0) is 4.74 Å². The van der Waals surface area contributed by atoms with Crippen molar-refractivity contribution in [3.63, 3.8) is 0 Å². The Balaban J connectivity index is 1.27. The van der Waals surface area contributed by atoms with E-state index in [0.717, 1.165) is 34.5 Å². The van der Waals surface area contributed by atoms with Crippen LogP contribution in [0, 0.1) is 0 Å². The zero-order valence-corrected chi connectivity index (χ0v) is 18.4. The molecule has 184 valence electrons. The fourth-order valence-corrected chi connectivity index (χ4v) is 3.98. The van der Waals surface area contributed by atoms with Crippen molar-refractivity contribution in [2.45, 2.75) is 24.3 Å². The molecule has 2 atom stereocenters. The molecule has 3 N–H and O–H groups in total. The highest BCUT2D eigenvalue weighted by Gasteiger charge is 2.30. The Bertz CT molecular complexity index is 1120. The molecule has 0 saturated heterocycles. The Kier molecular flexibility index (Phi) is 7.23. The minimum Gasteiger partial charge on any atom is -0.468 e. The molecule has 0 radical (unpaired) electrons. The van der Waals surface area contributed by atoms with Crippen molar-refractivity contribution in [1.29, 1.82) is 0 Å². The van der Waals surface area contributed by atoms with E-state index in [0.29, 0.717) is 0 Å². The van der Waals surface area contributed by atoms with Crippen molar-refractivity contribution in [3.05, 3.63) is 83.6 Å². The first-order valence-electron chi connectivity index (χ1n) is 10.8. The first-order chi connectivity index (χ1) is 16.7. The maximum absolute atomic E-state index is 12.2. The van der Waals surface area contributed by atoms with Gasteiger partial charge in [0.15, 0.2) is 6.61 Å². The zero-order chi connectivity index (χ0) is 25.0. The van der Waals surface area contributed by atoms with Crippen LogP contribution in [-0.4, -0.2) is 53.3 Å². The van der Waals surface area contributed by atoms with Gasteiger partial charge in [-0.1, -0.05) is 48.5 Å². The Morgan fingerprint density at radius 1 is 1.00 bits per heavy atom. The van der Waals surface area contributed by atoms with E-state index < -0.39 is 31.1 Å². The molecule has 1 amide bonds. The SMILES string of the molecule is O=C(NCC(O)C(O)c1ccc(OCC(F)(F)F)nc1)OCC1c2ccccc2-c2ccccc21. The third-order valence-electron chi connectivity index (χ3n) is 5.65. The molecule has 0 fully saturated rings. The number of carbonyl (C=O) groups excluding carboxylic acids is 1. The number of aliphatic hydroxyl groups excluding tert-OH is 2. The van der Waals surface area contributed by atoms with Gasteiger partial charge in [0.05, 0.1) is 0 Å². The molecule has 2 aromatic carbocycles. The Morgan fingerprint density at radius 2 is 1.63 bits per heavy atom. The van der Waals surface area contributed by atoms with Crippen molar-refractivity contribution >= 4 is 6.09 Å². The lowest BCUT2D eigenvalue weighted by Crippen LogP contribution is -2.36. The predicted molar refractivity (Wildman–Crippen MR) is 120 cm³/mol. The van der Waals surface area contributed by atoms with Crippen LogP contribution in [0.15, 0.2) is 66.9 Å². The van der Waals surface area contributed by atoms with Gasteiger partial charge in [-0.05, 0) is 28.3 Å². The van der Waals surface area contributed by atoms with Crippen LogP contribution in [0.5, 0.6) is 5.88 Å². The zero-order valence-electron chi connectivity index (χ0n) is 18.4. The number of aromatic nitrogens is 1. The van der Waals surface area contributed by atoms with Crippen LogP contribution < -0.4 is 10.1 Å². The number of halogens is 3. The number of hydrogen-bond donors (Lipinski definition) is 3. The number of alkyl carbamates (subject to hydrolysis) is 1. The number of fused-ring (bicyclic) bond motifs is 3. The van der Waals surface area contributed by atoms with Crippen LogP contribution in [0.25, 0.3) is 11.1 Å². The van der Waals surface area contributed by atoms with Gasteiger partial charge in [-0.2, -0.15) is 13.2 Å². The normalized spacial score (nSPS) is 14.5. The van der Waals surface area contributed by atoms with Gasteiger partial charge in [0, 0.05) is 30.3 Å². The van der Waals surface area contributed by atoms with E-state index >= 15 is 0 Å². The van der Waals surface area contributed by atoms with Crippen molar-refractivity contribution in [2.24, 2.45) is 0 Å². The second-order valence-corrected chi connectivity index (χ2v) is 8.05. The topological polar surface area (TPSA) is 101 Å². The molecule has 1 aromatic heterocycles. The molecule has 1 aliphatic rings. The quantitative estimate of drug-likeness (QED) is 0.444. The molecule has 2 unspecified atom stereocenters. The molecule has 1 aliphatic carbocycles. The number of alkyl halides is 3. The minimum atomic E-state index is -4.50. The molecule has 35 heavy (non-hydrogen) atoms. The number of aliphatic hydroxyl groups is 2. The lowest BCUT2D eigenvalue weighted by molar-refractivity contribution is -0.154. The lowest BCUT2D eigenvalue weighted by Gasteiger charge is -2.19. The summed E-state index contributed by atoms with van der Waals surface area (Å²) in [5, 5.41) is 22.9. The minimum absolute atomic E-state index is 0.0990. The Hall–Kier alpha value is -3.63. The maximum atomic E-state index is 12.2. The molecular weight excluding hydrogens is 465 g/mol. The largest absolute Gasteiger partial charge is 0.468 e. The fraction of sp³-hybridized carbons (Fsp3) is 0.280. The van der Waals surface area contributed by atoms with E-state index in [4.69, 9.17) is 4.74 Å². The number of pyridine rings is 1. The summed E-state index contributed by atoms with van der Waals surface area (Å²) in [5.74, 6) is -0.391. The summed E-state index contributed by atoms with van der Waals surface area (Å²) in [6.07, 6.45) is -7.01. The van der Waals surface area contributed by atoms with Crippen molar-refractivity contribution in [2.75, 3.05) is 19.8 Å². The Morgan fingerprint density at radius 3 is 2.20 bits per heavy atom. The predicted octanol–water partition coefficient (Wildman–Crippen LogP) is 3.96. The molecule has 0 saturated carbocycles. The highest BCUT2D eigenvalue weighted by Crippen LogP contribution is 2.44. The van der Waals surface area contributed by atoms with E-state index in [1.165, 1.54) is 6.07 Å². The first-order valence-corrected chi connectivity index (χ1v) is 10.8. The molecule has 10 heteroatoms. The van der Waals surface area contributed by atoms with Crippen molar-refractivity contribution in [3.8, 4) is 17.0 Å². The molecule has 0 spiro atoms. The van der Waals surface area contributed by atoms with Gasteiger partial charge >= 0.3 is 12.3 Å². The monoisotopic (exact) mass is 488 g/mol. The van der Waals surface area contributed by atoms with Gasteiger partial charge in [0.2, 0.25) is 5.88 Å². The second-order valence-electron chi connectivity index (χ2n) is 8.05. The van der Waals surface area contributed by atoms with Gasteiger partial charge in [0.25, 0.3) is 0 Å². The smallest absolute Gasteiger partial charge is 0.422 e. The fourth-order valence-electron chi connectivity index (χ4n) is 3.98. The highest BCUT2D eigenvalue weighted by atomic mass is 19.4. The number of amides is 1. The Labute approximate surface area is 199 Å². The van der Waals surface area contributed by atoms with E-state index in [2.05, 4.69) is 15.0 Å². The number of nitrogens with one attached hydrogen (secondary N) is 1. The number of hydrogen-bond acceptors (Lipinski definition) is 6. The summed E-state index contributed by atoms with van der Waals surface area (Å²) in [6.45, 7) is -1.71. The van der Waals surface area contributed by atoms with E-state index in [1.807, 2.05) is 48.5 Å². The summed E-state index contributed by atoms with van der Waals surface area (Å²) >= 11 is 0. The number of ether oxygens (including phenoxy) is 2. The van der Waals surface area contributed by atoms with Crippen LogP contribution >= 0.6 is 0 Å². The van der Waals surface area contributed by atoms with Gasteiger partial charge < -0.3 is 25.0 Å². The van der Waals surface area contributed by atoms with Crippen LogP contribution in [0.2, 0.25) is 0 Å². The average molecular weight is 488 g/mol. The summed E-state index contributed by atoms with van der Waals surface area (Å²) in [7, 11) is 0. The average Bonchev–Trinajstić information content (AvgIpc) is 3.18. The molecular formula is C25H23F3N2O5. The van der Waals surface area contributed by atoms with Crippen LogP contribution in [0.1, 0.15) is 28.7 Å². The highest BCUT2D eigenvalue weighted by molar-refractivity contribution is 5.79. The van der Waals surface area contributed by atoms with E-state index in [1.54, 1.807) is 0 Å². The molecule has 7 nitrogen and oxygen atoms in total. The standard InChI is InChI=1S/C25H23F3N2O5/c26-25(27,28)14-35-22-10-9-15(11-29-22)23(32)21(31)12-30-24(33)34-13-20-18-7-3-1-5-16(18)17-6-2-4-8-19(17)20/h1-11,20-21,23,31-32H,12-14H2,(H,30,33). The third kappa shape index (κ3) is 5.90. The summed E-state index contributed by atoms with van der Waals surface area (Å²) < 4.78 is 46.5. The second kappa shape index (κ2) is 10.3. The maximum Gasteiger partial charge on any atom is 0.422 e. The number of carbonyl (C=O) groups is 1. The van der Waals surface area contributed by atoms with Crippen LogP contribution in [0.4, 0.5) is 18.0 Å². The third-order valence-corrected chi connectivity index (χ3v) is 5.65. The van der Waals surface area contributed by atoms with Gasteiger partial charge in [-0.25, -0.2) is 9.78 Å². The molecule has 0 bridgehead atoms. The lowest BCUT2D eigenvalue weighted by atomic mass is 9.98. The first kappa shape index (κ1) is 24.5. The molecule has 3 aromatic rings. The summed E-state index contributed by atoms with van der Waals surface area (Å²) in [5.41, 5.74) is 4.46. The summed E-state index contributed by atoms with van der Waals surface area (Å²) in [6, 6.07) is 18.2. The summed E-state index contributed by atoms with van der Waals surface area (Å²) in [4.78, 5) is 15.9. The molecule has 0 aliphatic heterocycles. The van der Waals surface area contributed by atoms with Gasteiger partial charge in [-0.3, -0.25) is 0 Å². The van der Waals surface area contributed by atoms with Gasteiger partial charge in [0.1, 0.15) is 18.8 Å². The number of nitrogens with zero attached hydrogens (tertiary/aromatic N) is 1. The van der Waals surface area contributed by atoms with E-state index in [-0.39, 0.29) is 30.5 Å².